The van der Waals surface area contributed by atoms with Crippen molar-refractivity contribution in [3.05, 3.63) is 22.9 Å². The monoisotopic (exact) mass is 258 g/mol. The minimum atomic E-state index is 0.502. The van der Waals surface area contributed by atoms with Gasteiger partial charge in [-0.15, -0.1) is 0 Å². The average molecular weight is 258 g/mol. The smallest absolute Gasteiger partial charge is 0.231 e. The SMILES string of the molecule is N#Cc1cc2c(nc1OCCC1CCC1)CCOC2. The second-order valence-electron chi connectivity index (χ2n) is 5.30. The summed E-state index contributed by atoms with van der Waals surface area (Å²) in [6.45, 7) is 1.93. The first-order valence-corrected chi connectivity index (χ1v) is 7.00. The van der Waals surface area contributed by atoms with Gasteiger partial charge in [0.2, 0.25) is 5.88 Å². The van der Waals surface area contributed by atoms with Crippen molar-refractivity contribution in [2.75, 3.05) is 13.2 Å². The number of nitriles is 1. The van der Waals surface area contributed by atoms with E-state index in [0.717, 1.165) is 30.0 Å². The summed E-state index contributed by atoms with van der Waals surface area (Å²) < 4.78 is 11.1. The Morgan fingerprint density at radius 3 is 3.11 bits per heavy atom. The van der Waals surface area contributed by atoms with E-state index in [1.165, 1.54) is 19.3 Å². The van der Waals surface area contributed by atoms with Crippen LogP contribution in [0.2, 0.25) is 0 Å². The number of hydrogen-bond acceptors (Lipinski definition) is 4. The van der Waals surface area contributed by atoms with Crippen molar-refractivity contribution in [1.29, 1.82) is 5.26 Å². The van der Waals surface area contributed by atoms with E-state index in [0.29, 0.717) is 31.3 Å². The maximum Gasteiger partial charge on any atom is 0.231 e. The number of rotatable bonds is 4. The number of aromatic nitrogens is 1. The molecule has 3 rings (SSSR count). The molecule has 0 amide bonds. The van der Waals surface area contributed by atoms with Crippen molar-refractivity contribution >= 4 is 0 Å². The minimum absolute atomic E-state index is 0.502. The molecule has 100 valence electrons. The molecular weight excluding hydrogens is 240 g/mol. The Bertz CT molecular complexity index is 504. The summed E-state index contributed by atoms with van der Waals surface area (Å²) in [5, 5.41) is 9.18. The zero-order valence-electron chi connectivity index (χ0n) is 11.0. The lowest BCUT2D eigenvalue weighted by molar-refractivity contribution is 0.108. The van der Waals surface area contributed by atoms with Crippen LogP contribution in [-0.2, 0) is 17.8 Å². The fraction of sp³-hybridized carbons (Fsp3) is 0.600. The van der Waals surface area contributed by atoms with E-state index in [9.17, 15) is 5.26 Å². The number of nitrogens with zero attached hydrogens (tertiary/aromatic N) is 2. The van der Waals surface area contributed by atoms with E-state index in [-0.39, 0.29) is 0 Å². The van der Waals surface area contributed by atoms with E-state index in [4.69, 9.17) is 9.47 Å². The summed E-state index contributed by atoms with van der Waals surface area (Å²) in [6, 6.07) is 4.03. The van der Waals surface area contributed by atoms with E-state index >= 15 is 0 Å². The Balaban J connectivity index is 1.69. The summed E-state index contributed by atoms with van der Waals surface area (Å²) in [6.07, 6.45) is 5.88. The summed E-state index contributed by atoms with van der Waals surface area (Å²) in [5.74, 6) is 1.32. The lowest BCUT2D eigenvalue weighted by atomic mass is 9.83. The van der Waals surface area contributed by atoms with Crippen LogP contribution in [0.1, 0.15) is 42.5 Å². The zero-order chi connectivity index (χ0) is 13.1. The highest BCUT2D eigenvalue weighted by Gasteiger charge is 2.19. The first-order chi connectivity index (χ1) is 9.36. The average Bonchev–Trinajstić information content (AvgIpc) is 2.40. The molecule has 0 N–H and O–H groups in total. The molecule has 19 heavy (non-hydrogen) atoms. The van der Waals surface area contributed by atoms with Crippen molar-refractivity contribution in [2.45, 2.75) is 38.7 Å². The van der Waals surface area contributed by atoms with Gasteiger partial charge in [0.25, 0.3) is 0 Å². The molecule has 0 spiro atoms. The van der Waals surface area contributed by atoms with Gasteiger partial charge in [0, 0.05) is 12.0 Å². The predicted molar refractivity (Wildman–Crippen MR) is 69.8 cm³/mol. The Morgan fingerprint density at radius 2 is 2.37 bits per heavy atom. The molecule has 2 aliphatic rings. The summed E-state index contributed by atoms with van der Waals surface area (Å²) >= 11 is 0. The van der Waals surface area contributed by atoms with Crippen LogP contribution in [0.5, 0.6) is 5.88 Å². The van der Waals surface area contributed by atoms with Gasteiger partial charge in [-0.2, -0.15) is 5.26 Å². The molecule has 0 aromatic carbocycles. The van der Waals surface area contributed by atoms with Crippen molar-refractivity contribution in [3.63, 3.8) is 0 Å². The van der Waals surface area contributed by atoms with Crippen LogP contribution in [0.4, 0.5) is 0 Å². The Labute approximate surface area is 113 Å². The van der Waals surface area contributed by atoms with Gasteiger partial charge in [-0.05, 0) is 18.4 Å². The van der Waals surface area contributed by atoms with Crippen molar-refractivity contribution in [2.24, 2.45) is 5.92 Å². The van der Waals surface area contributed by atoms with Crippen LogP contribution < -0.4 is 4.74 Å². The molecule has 1 aromatic rings. The molecule has 1 aliphatic carbocycles. The fourth-order valence-electron chi connectivity index (χ4n) is 2.56. The first kappa shape index (κ1) is 12.4. The van der Waals surface area contributed by atoms with Crippen LogP contribution >= 0.6 is 0 Å². The Morgan fingerprint density at radius 1 is 1.47 bits per heavy atom. The minimum Gasteiger partial charge on any atom is -0.477 e. The topological polar surface area (TPSA) is 55.1 Å². The third-order valence-corrected chi connectivity index (χ3v) is 4.01. The molecule has 0 bridgehead atoms. The van der Waals surface area contributed by atoms with Crippen LogP contribution in [0, 0.1) is 17.2 Å². The molecule has 1 saturated carbocycles. The molecule has 0 unspecified atom stereocenters. The summed E-state index contributed by atoms with van der Waals surface area (Å²) in [5.41, 5.74) is 2.57. The fourth-order valence-corrected chi connectivity index (χ4v) is 2.56. The van der Waals surface area contributed by atoms with E-state index in [1.54, 1.807) is 0 Å². The maximum atomic E-state index is 9.18. The Kier molecular flexibility index (Phi) is 3.65. The largest absolute Gasteiger partial charge is 0.477 e. The van der Waals surface area contributed by atoms with E-state index < -0.39 is 0 Å². The molecule has 1 fully saturated rings. The number of hydrogen-bond donors (Lipinski definition) is 0. The Hall–Kier alpha value is -1.60. The number of fused-ring (bicyclic) bond motifs is 1. The molecular formula is C15H18N2O2. The van der Waals surface area contributed by atoms with Gasteiger partial charge in [-0.25, -0.2) is 4.98 Å². The first-order valence-electron chi connectivity index (χ1n) is 7.00. The molecule has 4 nitrogen and oxygen atoms in total. The summed E-state index contributed by atoms with van der Waals surface area (Å²) in [7, 11) is 0. The maximum absolute atomic E-state index is 9.18. The number of pyridine rings is 1. The predicted octanol–water partition coefficient (Wildman–Crippen LogP) is 2.59. The van der Waals surface area contributed by atoms with Gasteiger partial charge in [0.15, 0.2) is 0 Å². The van der Waals surface area contributed by atoms with Crippen LogP contribution in [-0.4, -0.2) is 18.2 Å². The highest BCUT2D eigenvalue weighted by Crippen LogP contribution is 2.30. The highest BCUT2D eigenvalue weighted by molar-refractivity contribution is 5.43. The van der Waals surface area contributed by atoms with Gasteiger partial charge < -0.3 is 9.47 Å². The molecule has 2 heterocycles. The van der Waals surface area contributed by atoms with Crippen LogP contribution in [0.15, 0.2) is 6.07 Å². The zero-order valence-corrected chi connectivity index (χ0v) is 11.0. The molecule has 4 heteroatoms. The second-order valence-corrected chi connectivity index (χ2v) is 5.30. The highest BCUT2D eigenvalue weighted by atomic mass is 16.5. The molecule has 0 radical (unpaired) electrons. The van der Waals surface area contributed by atoms with Gasteiger partial charge in [0.1, 0.15) is 11.6 Å². The van der Waals surface area contributed by atoms with Gasteiger partial charge in [0.05, 0.1) is 25.5 Å². The lowest BCUT2D eigenvalue weighted by Crippen LogP contribution is -2.16. The van der Waals surface area contributed by atoms with Crippen LogP contribution in [0.25, 0.3) is 0 Å². The number of ether oxygens (including phenoxy) is 2. The standard InChI is InChI=1S/C15H18N2O2/c16-9-12-8-13-10-18-6-5-14(13)17-15(12)19-7-4-11-2-1-3-11/h8,11H,1-7,10H2. The van der Waals surface area contributed by atoms with Gasteiger partial charge in [-0.3, -0.25) is 0 Å². The van der Waals surface area contributed by atoms with Crippen molar-refractivity contribution in [3.8, 4) is 11.9 Å². The molecule has 0 saturated heterocycles. The normalized spacial score (nSPS) is 18.3. The lowest BCUT2D eigenvalue weighted by Gasteiger charge is -2.25. The quantitative estimate of drug-likeness (QED) is 0.833. The second kappa shape index (κ2) is 5.58. The third kappa shape index (κ3) is 2.71. The third-order valence-electron chi connectivity index (χ3n) is 4.01. The van der Waals surface area contributed by atoms with Gasteiger partial charge in [-0.1, -0.05) is 19.3 Å². The van der Waals surface area contributed by atoms with Crippen molar-refractivity contribution < 1.29 is 9.47 Å². The molecule has 1 aliphatic heterocycles. The molecule has 0 atom stereocenters. The van der Waals surface area contributed by atoms with Gasteiger partial charge >= 0.3 is 0 Å². The van der Waals surface area contributed by atoms with E-state index in [2.05, 4.69) is 11.1 Å². The van der Waals surface area contributed by atoms with Crippen LogP contribution in [0.3, 0.4) is 0 Å². The molecule has 1 aromatic heterocycles. The van der Waals surface area contributed by atoms with E-state index in [1.807, 2.05) is 6.07 Å². The van der Waals surface area contributed by atoms with Crippen molar-refractivity contribution in [1.82, 2.24) is 4.98 Å². The summed E-state index contributed by atoms with van der Waals surface area (Å²) in [4.78, 5) is 4.50.